The normalized spacial score (nSPS) is 20.1. The maximum Gasteiger partial charge on any atom is 0.416 e. The first-order valence-corrected chi connectivity index (χ1v) is 7.28. The van der Waals surface area contributed by atoms with Crippen LogP contribution in [0.1, 0.15) is 28.8 Å². The number of benzene rings is 1. The third-order valence-corrected chi connectivity index (χ3v) is 3.84. The van der Waals surface area contributed by atoms with Crippen LogP contribution in [0.5, 0.6) is 0 Å². The van der Waals surface area contributed by atoms with Crippen LogP contribution in [-0.4, -0.2) is 29.9 Å². The van der Waals surface area contributed by atoms with Crippen molar-refractivity contribution in [1.29, 1.82) is 0 Å². The number of rotatable bonds is 1. The lowest BCUT2D eigenvalue weighted by molar-refractivity contribution is -0.137. The van der Waals surface area contributed by atoms with E-state index in [4.69, 9.17) is 5.73 Å². The molecule has 0 bridgehead atoms. The van der Waals surface area contributed by atoms with Gasteiger partial charge in [-0.3, -0.25) is 4.79 Å². The number of carbonyl (C=O) groups excluding carboxylic acids is 1. The minimum Gasteiger partial charge on any atom is -0.337 e. The Labute approximate surface area is 128 Å². The third-order valence-electron chi connectivity index (χ3n) is 3.22. The van der Waals surface area contributed by atoms with Crippen molar-refractivity contribution in [3.05, 3.63) is 32.9 Å². The van der Waals surface area contributed by atoms with Gasteiger partial charge in [0.15, 0.2) is 0 Å². The van der Waals surface area contributed by atoms with Crippen molar-refractivity contribution >= 4 is 28.5 Å². The van der Waals surface area contributed by atoms with Gasteiger partial charge in [0.25, 0.3) is 5.91 Å². The molecule has 1 aromatic rings. The Balaban J connectivity index is 2.28. The molecular formula is C13H14F3IN2O. The minimum atomic E-state index is -4.45. The molecule has 2 N–H and O–H groups in total. The number of hydrogen-bond acceptors (Lipinski definition) is 2. The van der Waals surface area contributed by atoms with E-state index in [9.17, 15) is 18.0 Å². The first-order valence-electron chi connectivity index (χ1n) is 6.20. The van der Waals surface area contributed by atoms with Crippen molar-refractivity contribution in [2.24, 2.45) is 5.73 Å². The highest BCUT2D eigenvalue weighted by Gasteiger charge is 2.32. The molecule has 0 saturated carbocycles. The zero-order chi connectivity index (χ0) is 14.9. The van der Waals surface area contributed by atoms with Gasteiger partial charge in [0.05, 0.1) is 5.56 Å². The summed E-state index contributed by atoms with van der Waals surface area (Å²) in [6.07, 6.45) is -2.83. The summed E-state index contributed by atoms with van der Waals surface area (Å²) >= 11 is 1.78. The molecule has 1 atom stereocenters. The molecule has 0 aliphatic carbocycles. The van der Waals surface area contributed by atoms with Gasteiger partial charge >= 0.3 is 6.18 Å². The van der Waals surface area contributed by atoms with Crippen LogP contribution in [0.2, 0.25) is 0 Å². The molecule has 3 nitrogen and oxygen atoms in total. The van der Waals surface area contributed by atoms with Crippen LogP contribution in [0.25, 0.3) is 0 Å². The predicted molar refractivity (Wildman–Crippen MR) is 77.3 cm³/mol. The SMILES string of the molecule is NC1CCCN(C(=O)c2cc(I)cc(C(F)(F)F)c2)C1. The van der Waals surface area contributed by atoms with E-state index in [1.165, 1.54) is 11.0 Å². The van der Waals surface area contributed by atoms with Crippen LogP contribution < -0.4 is 5.73 Å². The van der Waals surface area contributed by atoms with Gasteiger partial charge in [-0.15, -0.1) is 0 Å². The highest BCUT2D eigenvalue weighted by atomic mass is 127. The van der Waals surface area contributed by atoms with E-state index in [-0.39, 0.29) is 17.5 Å². The number of nitrogens with two attached hydrogens (primary N) is 1. The minimum absolute atomic E-state index is 0.0679. The van der Waals surface area contributed by atoms with Gasteiger partial charge < -0.3 is 10.6 Å². The first kappa shape index (κ1) is 15.6. The van der Waals surface area contributed by atoms with Gasteiger partial charge in [-0.25, -0.2) is 0 Å². The Kier molecular flexibility index (Phi) is 4.58. The van der Waals surface area contributed by atoms with Crippen molar-refractivity contribution in [2.45, 2.75) is 25.1 Å². The summed E-state index contributed by atoms with van der Waals surface area (Å²) in [6.45, 7) is 0.936. The zero-order valence-corrected chi connectivity index (χ0v) is 12.7. The summed E-state index contributed by atoms with van der Waals surface area (Å²) in [5, 5.41) is 0. The van der Waals surface area contributed by atoms with Crippen molar-refractivity contribution in [3.8, 4) is 0 Å². The van der Waals surface area contributed by atoms with E-state index in [0.717, 1.165) is 25.0 Å². The molecule has 1 saturated heterocycles. The molecule has 110 valence electrons. The fraction of sp³-hybridized carbons (Fsp3) is 0.462. The van der Waals surface area contributed by atoms with E-state index in [0.29, 0.717) is 16.7 Å². The second-order valence-electron chi connectivity index (χ2n) is 4.88. The number of carbonyl (C=O) groups is 1. The monoisotopic (exact) mass is 398 g/mol. The van der Waals surface area contributed by atoms with Gasteiger partial charge in [0.1, 0.15) is 0 Å². The summed E-state index contributed by atoms with van der Waals surface area (Å²) in [4.78, 5) is 13.8. The molecule has 0 aromatic heterocycles. The molecule has 0 radical (unpaired) electrons. The van der Waals surface area contributed by atoms with Crippen LogP contribution >= 0.6 is 22.6 Å². The fourth-order valence-electron chi connectivity index (χ4n) is 2.25. The number of nitrogens with zero attached hydrogens (tertiary/aromatic N) is 1. The molecule has 7 heteroatoms. The van der Waals surface area contributed by atoms with Gasteiger partial charge in [0.2, 0.25) is 0 Å². The average molecular weight is 398 g/mol. The molecule has 1 heterocycles. The fourth-order valence-corrected chi connectivity index (χ4v) is 2.92. The van der Waals surface area contributed by atoms with Crippen LogP contribution in [-0.2, 0) is 6.18 Å². The summed E-state index contributed by atoms with van der Waals surface area (Å²) < 4.78 is 38.7. The average Bonchev–Trinajstić information content (AvgIpc) is 2.36. The molecular weight excluding hydrogens is 384 g/mol. The molecule has 1 amide bonds. The molecule has 1 aliphatic heterocycles. The van der Waals surface area contributed by atoms with Gasteiger partial charge in [-0.1, -0.05) is 0 Å². The molecule has 2 rings (SSSR count). The van der Waals surface area contributed by atoms with E-state index < -0.39 is 11.7 Å². The van der Waals surface area contributed by atoms with E-state index in [1.54, 1.807) is 22.6 Å². The van der Waals surface area contributed by atoms with E-state index in [1.807, 2.05) is 0 Å². The second kappa shape index (κ2) is 5.88. The lowest BCUT2D eigenvalue weighted by Crippen LogP contribution is -2.45. The summed E-state index contributed by atoms with van der Waals surface area (Å²) in [6, 6.07) is 3.31. The quantitative estimate of drug-likeness (QED) is 0.740. The first-order chi connectivity index (χ1) is 9.27. The predicted octanol–water partition coefficient (Wildman–Crippen LogP) is 2.87. The summed E-state index contributed by atoms with van der Waals surface area (Å²) in [5.41, 5.74) is 5.07. The lowest BCUT2D eigenvalue weighted by Gasteiger charge is -2.31. The Hall–Kier alpha value is -0.830. The Morgan fingerprint density at radius 3 is 2.65 bits per heavy atom. The summed E-state index contributed by atoms with van der Waals surface area (Å²) in [5.74, 6) is -0.385. The molecule has 0 spiro atoms. The molecule has 20 heavy (non-hydrogen) atoms. The number of amides is 1. The smallest absolute Gasteiger partial charge is 0.337 e. The zero-order valence-electron chi connectivity index (χ0n) is 10.6. The van der Waals surface area contributed by atoms with Crippen LogP contribution in [0.4, 0.5) is 13.2 Å². The Morgan fingerprint density at radius 2 is 2.05 bits per heavy atom. The van der Waals surface area contributed by atoms with Gasteiger partial charge in [-0.05, 0) is 53.6 Å². The number of hydrogen-bond donors (Lipinski definition) is 1. The Morgan fingerprint density at radius 1 is 1.35 bits per heavy atom. The topological polar surface area (TPSA) is 46.3 Å². The largest absolute Gasteiger partial charge is 0.416 e. The van der Waals surface area contributed by atoms with Crippen LogP contribution in [0.15, 0.2) is 18.2 Å². The maximum absolute atomic E-state index is 12.8. The summed E-state index contributed by atoms with van der Waals surface area (Å²) in [7, 11) is 0. The number of halogens is 4. The lowest BCUT2D eigenvalue weighted by atomic mass is 10.0. The van der Waals surface area contributed by atoms with Crippen LogP contribution in [0.3, 0.4) is 0 Å². The van der Waals surface area contributed by atoms with Gasteiger partial charge in [-0.2, -0.15) is 13.2 Å². The molecule has 1 unspecified atom stereocenters. The van der Waals surface area contributed by atoms with Crippen molar-refractivity contribution in [2.75, 3.05) is 13.1 Å². The van der Waals surface area contributed by atoms with Crippen molar-refractivity contribution in [1.82, 2.24) is 4.90 Å². The highest BCUT2D eigenvalue weighted by Crippen LogP contribution is 2.31. The molecule has 1 aliphatic rings. The second-order valence-corrected chi connectivity index (χ2v) is 6.13. The molecule has 1 fully saturated rings. The van der Waals surface area contributed by atoms with E-state index >= 15 is 0 Å². The van der Waals surface area contributed by atoms with Crippen LogP contribution in [0, 0.1) is 3.57 Å². The van der Waals surface area contributed by atoms with Crippen molar-refractivity contribution in [3.63, 3.8) is 0 Å². The molecule has 1 aromatic carbocycles. The standard InChI is InChI=1S/C13H14F3IN2O/c14-13(15,16)9-4-8(5-10(17)6-9)12(20)19-3-1-2-11(18)7-19/h4-6,11H,1-3,7,18H2. The van der Waals surface area contributed by atoms with E-state index in [2.05, 4.69) is 0 Å². The third kappa shape index (κ3) is 3.63. The highest BCUT2D eigenvalue weighted by molar-refractivity contribution is 14.1. The number of piperidine rings is 1. The maximum atomic E-state index is 12.8. The Bertz CT molecular complexity index is 519. The number of likely N-dealkylation sites (tertiary alicyclic amines) is 1. The van der Waals surface area contributed by atoms with Crippen molar-refractivity contribution < 1.29 is 18.0 Å². The number of alkyl halides is 3. The van der Waals surface area contributed by atoms with Gasteiger partial charge in [0, 0.05) is 28.3 Å².